The van der Waals surface area contributed by atoms with Gasteiger partial charge in [0.2, 0.25) is 0 Å². The van der Waals surface area contributed by atoms with E-state index >= 15 is 0 Å². The normalized spacial score (nSPS) is 10.7. The first-order chi connectivity index (χ1) is 11.8. The van der Waals surface area contributed by atoms with Crippen molar-refractivity contribution in [3.8, 4) is 28.1 Å². The van der Waals surface area contributed by atoms with Crippen LogP contribution in [0.5, 0.6) is 0 Å². The smallest absolute Gasteiger partial charge is 0.101 e. The van der Waals surface area contributed by atoms with E-state index in [1.165, 1.54) is 11.1 Å². The number of hydrogen-bond donors (Lipinski definition) is 0. The maximum Gasteiger partial charge on any atom is 0.101 e. The Labute approximate surface area is 142 Å². The molecule has 0 radical (unpaired) electrons. The van der Waals surface area contributed by atoms with Gasteiger partial charge in [-0.25, -0.2) is 4.68 Å². The summed E-state index contributed by atoms with van der Waals surface area (Å²) < 4.78 is 1.96. The summed E-state index contributed by atoms with van der Waals surface area (Å²) in [6.45, 7) is 2.11. The zero-order valence-electron chi connectivity index (χ0n) is 13.6. The average molecular weight is 310 g/mol. The van der Waals surface area contributed by atoms with Crippen LogP contribution in [0.1, 0.15) is 5.56 Å². The SMILES string of the molecule is Cc1ccc(-c2cn(-c3ccccc3)nc2-c2ccccc2)cc1. The predicted octanol–water partition coefficient (Wildman–Crippen LogP) is 5.51. The van der Waals surface area contributed by atoms with Crippen molar-refractivity contribution in [1.82, 2.24) is 9.78 Å². The molecule has 0 spiro atoms. The molecule has 1 heterocycles. The van der Waals surface area contributed by atoms with Crippen LogP contribution in [0.15, 0.2) is 91.1 Å². The molecule has 3 aromatic carbocycles. The number of aryl methyl sites for hydroxylation is 1. The number of hydrogen-bond acceptors (Lipinski definition) is 1. The quantitative estimate of drug-likeness (QED) is 0.487. The summed E-state index contributed by atoms with van der Waals surface area (Å²) in [5.41, 5.74) is 6.78. The Morgan fingerprint density at radius 1 is 0.667 bits per heavy atom. The second-order valence-corrected chi connectivity index (χ2v) is 5.90. The van der Waals surface area contributed by atoms with Crippen LogP contribution in [-0.2, 0) is 0 Å². The minimum absolute atomic E-state index is 1.00. The minimum Gasteiger partial charge on any atom is -0.240 e. The van der Waals surface area contributed by atoms with Gasteiger partial charge in [0.25, 0.3) is 0 Å². The van der Waals surface area contributed by atoms with Crippen LogP contribution in [0.25, 0.3) is 28.1 Å². The number of rotatable bonds is 3. The third-order valence-corrected chi connectivity index (χ3v) is 4.14. The first-order valence-electron chi connectivity index (χ1n) is 8.09. The molecule has 0 fully saturated rings. The van der Waals surface area contributed by atoms with Crippen molar-refractivity contribution in [1.29, 1.82) is 0 Å². The highest BCUT2D eigenvalue weighted by Gasteiger charge is 2.13. The van der Waals surface area contributed by atoms with E-state index in [0.29, 0.717) is 0 Å². The van der Waals surface area contributed by atoms with Gasteiger partial charge >= 0.3 is 0 Å². The molecular weight excluding hydrogens is 292 g/mol. The first-order valence-corrected chi connectivity index (χ1v) is 8.09. The number of nitrogens with zero attached hydrogens (tertiary/aromatic N) is 2. The Morgan fingerprint density at radius 3 is 1.96 bits per heavy atom. The molecule has 4 rings (SSSR count). The largest absolute Gasteiger partial charge is 0.240 e. The maximum absolute atomic E-state index is 4.87. The van der Waals surface area contributed by atoms with Crippen molar-refractivity contribution in [2.75, 3.05) is 0 Å². The van der Waals surface area contributed by atoms with Crippen LogP contribution in [0.2, 0.25) is 0 Å². The van der Waals surface area contributed by atoms with Crippen LogP contribution in [0.4, 0.5) is 0 Å². The maximum atomic E-state index is 4.87. The summed E-state index contributed by atoms with van der Waals surface area (Å²) >= 11 is 0. The average Bonchev–Trinajstić information content (AvgIpc) is 3.09. The van der Waals surface area contributed by atoms with E-state index < -0.39 is 0 Å². The molecule has 0 saturated heterocycles. The van der Waals surface area contributed by atoms with E-state index in [4.69, 9.17) is 5.10 Å². The van der Waals surface area contributed by atoms with Gasteiger partial charge in [0.1, 0.15) is 5.69 Å². The van der Waals surface area contributed by atoms with Crippen molar-refractivity contribution in [3.05, 3.63) is 96.7 Å². The van der Waals surface area contributed by atoms with Crippen molar-refractivity contribution >= 4 is 0 Å². The third-order valence-electron chi connectivity index (χ3n) is 4.14. The molecule has 0 atom stereocenters. The Morgan fingerprint density at radius 2 is 1.29 bits per heavy atom. The fraction of sp³-hybridized carbons (Fsp3) is 0.0455. The fourth-order valence-corrected chi connectivity index (χ4v) is 2.84. The standard InChI is InChI=1S/C22H18N2/c1-17-12-14-18(15-13-17)21-16-24(20-10-6-3-7-11-20)23-22(21)19-8-4-2-5-9-19/h2-16H,1H3. The Balaban J connectivity index is 1.90. The van der Waals surface area contributed by atoms with Crippen LogP contribution in [0, 0.1) is 6.92 Å². The van der Waals surface area contributed by atoms with Crippen LogP contribution < -0.4 is 0 Å². The van der Waals surface area contributed by atoms with Crippen molar-refractivity contribution in [2.45, 2.75) is 6.92 Å². The minimum atomic E-state index is 1.00. The number of para-hydroxylation sites is 1. The highest BCUT2D eigenvalue weighted by Crippen LogP contribution is 2.32. The summed E-state index contributed by atoms with van der Waals surface area (Å²) in [4.78, 5) is 0. The van der Waals surface area contributed by atoms with Crippen LogP contribution in [0.3, 0.4) is 0 Å². The van der Waals surface area contributed by atoms with Gasteiger partial charge in [0.05, 0.1) is 5.69 Å². The molecule has 1 aromatic heterocycles. The summed E-state index contributed by atoms with van der Waals surface area (Å²) in [6.07, 6.45) is 2.11. The molecule has 0 aliphatic rings. The van der Waals surface area contributed by atoms with Crippen molar-refractivity contribution in [3.63, 3.8) is 0 Å². The molecule has 2 heteroatoms. The Kier molecular flexibility index (Phi) is 3.72. The lowest BCUT2D eigenvalue weighted by molar-refractivity contribution is 0.884. The molecule has 0 bridgehead atoms. The van der Waals surface area contributed by atoms with Gasteiger partial charge < -0.3 is 0 Å². The number of benzene rings is 3. The molecule has 4 aromatic rings. The third kappa shape index (κ3) is 2.74. The van der Waals surface area contributed by atoms with E-state index in [1.54, 1.807) is 0 Å². The predicted molar refractivity (Wildman–Crippen MR) is 99.2 cm³/mol. The monoisotopic (exact) mass is 310 g/mol. The van der Waals surface area contributed by atoms with Crippen molar-refractivity contribution < 1.29 is 0 Å². The lowest BCUT2D eigenvalue weighted by Gasteiger charge is -2.03. The van der Waals surface area contributed by atoms with Gasteiger partial charge in [0.15, 0.2) is 0 Å². The van der Waals surface area contributed by atoms with E-state index in [1.807, 2.05) is 28.9 Å². The first kappa shape index (κ1) is 14.5. The second-order valence-electron chi connectivity index (χ2n) is 5.90. The lowest BCUT2D eigenvalue weighted by Crippen LogP contribution is -1.93. The van der Waals surface area contributed by atoms with E-state index in [9.17, 15) is 0 Å². The van der Waals surface area contributed by atoms with Crippen LogP contribution >= 0.6 is 0 Å². The molecule has 116 valence electrons. The topological polar surface area (TPSA) is 17.8 Å². The van der Waals surface area contributed by atoms with Gasteiger partial charge in [-0.15, -0.1) is 0 Å². The molecule has 0 aliphatic heterocycles. The van der Waals surface area contributed by atoms with Gasteiger partial charge in [0, 0.05) is 17.3 Å². The van der Waals surface area contributed by atoms with Gasteiger partial charge in [-0.1, -0.05) is 78.4 Å². The summed E-state index contributed by atoms with van der Waals surface area (Å²) in [6, 6.07) is 29.2. The van der Waals surface area contributed by atoms with E-state index in [2.05, 4.69) is 73.8 Å². The molecule has 0 N–H and O–H groups in total. The molecule has 0 aliphatic carbocycles. The van der Waals surface area contributed by atoms with E-state index in [-0.39, 0.29) is 0 Å². The summed E-state index contributed by atoms with van der Waals surface area (Å²) in [5, 5.41) is 4.87. The Hall–Kier alpha value is -3.13. The molecule has 2 nitrogen and oxygen atoms in total. The molecule has 0 saturated carbocycles. The van der Waals surface area contributed by atoms with E-state index in [0.717, 1.165) is 22.5 Å². The number of aromatic nitrogens is 2. The fourth-order valence-electron chi connectivity index (χ4n) is 2.84. The lowest BCUT2D eigenvalue weighted by atomic mass is 10.0. The van der Waals surface area contributed by atoms with Gasteiger partial charge in [-0.05, 0) is 24.6 Å². The van der Waals surface area contributed by atoms with Crippen LogP contribution in [-0.4, -0.2) is 9.78 Å². The summed E-state index contributed by atoms with van der Waals surface area (Å²) in [5.74, 6) is 0. The Bertz CT molecular complexity index is 936. The van der Waals surface area contributed by atoms with Crippen molar-refractivity contribution in [2.24, 2.45) is 0 Å². The van der Waals surface area contributed by atoms with Gasteiger partial charge in [-0.3, -0.25) is 0 Å². The highest BCUT2D eigenvalue weighted by molar-refractivity contribution is 5.80. The molecular formula is C22H18N2. The molecule has 24 heavy (non-hydrogen) atoms. The second kappa shape index (κ2) is 6.17. The zero-order chi connectivity index (χ0) is 16.4. The van der Waals surface area contributed by atoms with Gasteiger partial charge in [-0.2, -0.15) is 5.10 Å². The summed E-state index contributed by atoms with van der Waals surface area (Å²) in [7, 11) is 0. The zero-order valence-corrected chi connectivity index (χ0v) is 13.6. The highest BCUT2D eigenvalue weighted by atomic mass is 15.3. The molecule has 0 amide bonds. The molecule has 0 unspecified atom stereocenters.